The minimum atomic E-state index is -1.48. The Morgan fingerprint density at radius 2 is 1.95 bits per heavy atom. The first kappa shape index (κ1) is 18.0. The molecule has 0 amide bonds. The highest BCUT2D eigenvalue weighted by Gasteiger charge is 2.19. The van der Waals surface area contributed by atoms with E-state index in [1.54, 1.807) is 26.4 Å². The van der Waals surface area contributed by atoms with Crippen molar-refractivity contribution in [3.05, 3.63) is 23.8 Å². The summed E-state index contributed by atoms with van der Waals surface area (Å²) in [7, 11) is 1.81. The van der Waals surface area contributed by atoms with Gasteiger partial charge in [-0.05, 0) is 29.1 Å². The lowest BCUT2D eigenvalue weighted by molar-refractivity contribution is 0.136. The van der Waals surface area contributed by atoms with E-state index < -0.39 is 7.12 Å². The van der Waals surface area contributed by atoms with Crippen LogP contribution in [0, 0.1) is 5.92 Å². The van der Waals surface area contributed by atoms with E-state index in [0.717, 1.165) is 18.7 Å². The summed E-state index contributed by atoms with van der Waals surface area (Å²) >= 11 is 0. The first-order valence-corrected chi connectivity index (χ1v) is 7.22. The largest absolute Gasteiger partial charge is 0.497 e. The predicted molar refractivity (Wildman–Crippen MR) is 84.8 cm³/mol. The highest BCUT2D eigenvalue weighted by molar-refractivity contribution is 6.59. The molecule has 1 aromatic carbocycles. The van der Waals surface area contributed by atoms with Gasteiger partial charge in [0.2, 0.25) is 0 Å². The molecular weight excluding hydrogens is 269 g/mol. The fourth-order valence-corrected chi connectivity index (χ4v) is 2.31. The Bertz CT molecular complexity index is 426. The average molecular weight is 295 g/mol. The minimum Gasteiger partial charge on any atom is -0.497 e. The fourth-order valence-electron chi connectivity index (χ4n) is 2.31. The van der Waals surface area contributed by atoms with Gasteiger partial charge in [-0.3, -0.25) is 4.90 Å². The molecule has 0 bridgehead atoms. The maximum Gasteiger partial charge on any atom is 0.488 e. The van der Waals surface area contributed by atoms with E-state index in [1.165, 1.54) is 0 Å². The summed E-state index contributed by atoms with van der Waals surface area (Å²) in [6, 6.07) is 5.29. The van der Waals surface area contributed by atoms with Crippen LogP contribution in [0.1, 0.15) is 19.4 Å². The van der Waals surface area contributed by atoms with Gasteiger partial charge in [-0.2, -0.15) is 0 Å². The van der Waals surface area contributed by atoms with E-state index >= 15 is 0 Å². The summed E-state index contributed by atoms with van der Waals surface area (Å²) in [5.74, 6) is 1.24. The summed E-state index contributed by atoms with van der Waals surface area (Å²) in [6.45, 7) is 7.31. The molecule has 0 atom stereocenters. The van der Waals surface area contributed by atoms with Crippen LogP contribution in [0.5, 0.6) is 5.75 Å². The molecule has 0 saturated carbocycles. The molecule has 1 rings (SSSR count). The molecule has 21 heavy (non-hydrogen) atoms. The van der Waals surface area contributed by atoms with Gasteiger partial charge in [0.05, 0.1) is 13.7 Å². The van der Waals surface area contributed by atoms with E-state index in [0.29, 0.717) is 30.3 Å². The molecule has 1 aromatic rings. The molecule has 118 valence electrons. The molecule has 0 spiro atoms. The molecular formula is C15H26BNO4. The highest BCUT2D eigenvalue weighted by Crippen LogP contribution is 2.14. The Labute approximate surface area is 127 Å². The summed E-state index contributed by atoms with van der Waals surface area (Å²) in [5, 5.41) is 19.0. The molecule has 0 aromatic heterocycles. The van der Waals surface area contributed by atoms with Gasteiger partial charge in [-0.25, -0.2) is 0 Å². The van der Waals surface area contributed by atoms with Crippen LogP contribution in [-0.2, 0) is 11.3 Å². The van der Waals surface area contributed by atoms with Crippen LogP contribution in [0.25, 0.3) is 0 Å². The number of ether oxygens (including phenoxy) is 2. The fraction of sp³-hybridized carbons (Fsp3) is 0.600. The summed E-state index contributed by atoms with van der Waals surface area (Å²) < 4.78 is 10.4. The SMILES string of the molecule is COCCN(Cc1cc(OC)ccc1B(O)O)CC(C)C. The number of hydrogen-bond acceptors (Lipinski definition) is 5. The number of methoxy groups -OCH3 is 2. The molecule has 0 aliphatic carbocycles. The Balaban J connectivity index is 2.93. The van der Waals surface area contributed by atoms with Crippen molar-refractivity contribution in [3.63, 3.8) is 0 Å². The average Bonchev–Trinajstić information content (AvgIpc) is 2.43. The lowest BCUT2D eigenvalue weighted by atomic mass is 9.77. The third-order valence-electron chi connectivity index (χ3n) is 3.26. The van der Waals surface area contributed by atoms with Crippen molar-refractivity contribution in [2.45, 2.75) is 20.4 Å². The lowest BCUT2D eigenvalue weighted by Gasteiger charge is -2.25. The molecule has 0 aliphatic heterocycles. The monoisotopic (exact) mass is 295 g/mol. The second kappa shape index (κ2) is 9.05. The Hall–Kier alpha value is -1.08. The topological polar surface area (TPSA) is 62.2 Å². The molecule has 0 fully saturated rings. The second-order valence-corrected chi connectivity index (χ2v) is 5.56. The molecule has 0 radical (unpaired) electrons. The van der Waals surface area contributed by atoms with Crippen molar-refractivity contribution in [1.29, 1.82) is 0 Å². The quantitative estimate of drug-likeness (QED) is 0.649. The van der Waals surface area contributed by atoms with Crippen LogP contribution in [0.15, 0.2) is 18.2 Å². The maximum atomic E-state index is 9.51. The number of rotatable bonds is 9. The molecule has 0 heterocycles. The van der Waals surface area contributed by atoms with Crippen LogP contribution < -0.4 is 10.2 Å². The van der Waals surface area contributed by atoms with Gasteiger partial charge in [0.25, 0.3) is 0 Å². The van der Waals surface area contributed by atoms with Gasteiger partial charge in [0, 0.05) is 26.7 Å². The van der Waals surface area contributed by atoms with Crippen molar-refractivity contribution in [2.24, 2.45) is 5.92 Å². The normalized spacial score (nSPS) is 11.2. The van der Waals surface area contributed by atoms with Crippen molar-refractivity contribution in [2.75, 3.05) is 33.9 Å². The van der Waals surface area contributed by atoms with Gasteiger partial charge < -0.3 is 19.5 Å². The third-order valence-corrected chi connectivity index (χ3v) is 3.26. The van der Waals surface area contributed by atoms with Crippen molar-refractivity contribution in [1.82, 2.24) is 4.90 Å². The van der Waals surface area contributed by atoms with Crippen molar-refractivity contribution < 1.29 is 19.5 Å². The van der Waals surface area contributed by atoms with Gasteiger partial charge in [0.15, 0.2) is 0 Å². The van der Waals surface area contributed by atoms with E-state index in [1.807, 2.05) is 6.07 Å². The number of benzene rings is 1. The number of nitrogens with zero attached hydrogens (tertiary/aromatic N) is 1. The van der Waals surface area contributed by atoms with Gasteiger partial charge in [-0.15, -0.1) is 0 Å². The summed E-state index contributed by atoms with van der Waals surface area (Å²) in [6.07, 6.45) is 0. The smallest absolute Gasteiger partial charge is 0.488 e. The lowest BCUT2D eigenvalue weighted by Crippen LogP contribution is -2.37. The summed E-state index contributed by atoms with van der Waals surface area (Å²) in [4.78, 5) is 2.24. The first-order valence-electron chi connectivity index (χ1n) is 7.22. The van der Waals surface area contributed by atoms with Crippen LogP contribution in [0.4, 0.5) is 0 Å². The Morgan fingerprint density at radius 1 is 1.24 bits per heavy atom. The maximum absolute atomic E-state index is 9.51. The predicted octanol–water partition coefficient (Wildman–Crippen LogP) is 0.479. The second-order valence-electron chi connectivity index (χ2n) is 5.56. The number of hydrogen-bond donors (Lipinski definition) is 2. The van der Waals surface area contributed by atoms with E-state index in [9.17, 15) is 10.0 Å². The highest BCUT2D eigenvalue weighted by atomic mass is 16.5. The molecule has 0 aliphatic rings. The van der Waals surface area contributed by atoms with Crippen LogP contribution in [0.3, 0.4) is 0 Å². The zero-order valence-electron chi connectivity index (χ0n) is 13.4. The molecule has 0 saturated heterocycles. The van der Waals surface area contributed by atoms with E-state index in [4.69, 9.17) is 9.47 Å². The zero-order chi connectivity index (χ0) is 15.8. The first-order chi connectivity index (χ1) is 9.97. The van der Waals surface area contributed by atoms with Gasteiger partial charge in [0.1, 0.15) is 5.75 Å². The Kier molecular flexibility index (Phi) is 7.74. The Morgan fingerprint density at radius 3 is 2.48 bits per heavy atom. The van der Waals surface area contributed by atoms with Gasteiger partial charge >= 0.3 is 7.12 Å². The summed E-state index contributed by atoms with van der Waals surface area (Å²) in [5.41, 5.74) is 1.38. The third kappa shape index (κ3) is 6.05. The van der Waals surface area contributed by atoms with Crippen molar-refractivity contribution >= 4 is 12.6 Å². The standard InChI is InChI=1S/C15H26BNO4/c1-12(2)10-17(7-8-20-3)11-13-9-14(21-4)5-6-15(13)16(18)19/h5-6,9,12,18-19H,7-8,10-11H2,1-4H3. The zero-order valence-corrected chi connectivity index (χ0v) is 13.4. The molecule has 6 heteroatoms. The van der Waals surface area contributed by atoms with Crippen LogP contribution >= 0.6 is 0 Å². The minimum absolute atomic E-state index is 0.516. The van der Waals surface area contributed by atoms with Crippen LogP contribution in [-0.4, -0.2) is 56.0 Å². The molecule has 0 unspecified atom stereocenters. The van der Waals surface area contributed by atoms with E-state index in [-0.39, 0.29) is 0 Å². The van der Waals surface area contributed by atoms with Crippen LogP contribution in [0.2, 0.25) is 0 Å². The molecule has 2 N–H and O–H groups in total. The van der Waals surface area contributed by atoms with Gasteiger partial charge in [-0.1, -0.05) is 19.9 Å². The van der Waals surface area contributed by atoms with E-state index in [2.05, 4.69) is 18.7 Å². The van der Waals surface area contributed by atoms with Crippen molar-refractivity contribution in [3.8, 4) is 5.75 Å². The molecule has 5 nitrogen and oxygen atoms in total.